The molecule has 1 fully saturated rings. The number of carbonyl (C=O) groups is 1. The first-order chi connectivity index (χ1) is 14.3. The van der Waals surface area contributed by atoms with Crippen molar-refractivity contribution in [2.75, 3.05) is 28.6 Å². The third kappa shape index (κ3) is 5.25. The molecule has 0 spiro atoms. The molecule has 29 heavy (non-hydrogen) atoms. The molecule has 3 aromatic rings. The molecule has 1 saturated heterocycles. The van der Waals surface area contributed by atoms with Gasteiger partial charge in [0.15, 0.2) is 0 Å². The Morgan fingerprint density at radius 3 is 1.93 bits per heavy atom. The molecule has 1 aliphatic rings. The lowest BCUT2D eigenvalue weighted by Gasteiger charge is -2.28. The highest BCUT2D eigenvalue weighted by Crippen LogP contribution is 2.23. The molecule has 1 aliphatic heterocycles. The number of nitrogens with zero attached hydrogens (tertiary/aromatic N) is 2. The van der Waals surface area contributed by atoms with E-state index in [9.17, 15) is 4.79 Å². The second kappa shape index (κ2) is 9.10. The summed E-state index contributed by atoms with van der Waals surface area (Å²) in [5.41, 5.74) is 2.66. The maximum Gasteiger partial charge on any atom is 0.323 e. The molecule has 0 bridgehead atoms. The second-order valence-electron chi connectivity index (χ2n) is 6.98. The number of ether oxygens (including phenoxy) is 1. The fraction of sp³-hybridized carbons (Fsp3) is 0.217. The Morgan fingerprint density at radius 2 is 1.31 bits per heavy atom. The van der Waals surface area contributed by atoms with Crippen molar-refractivity contribution >= 4 is 23.1 Å². The monoisotopic (exact) mass is 388 g/mol. The third-order valence-electron chi connectivity index (χ3n) is 4.84. The number of anilines is 3. The van der Waals surface area contributed by atoms with E-state index in [2.05, 4.69) is 32.7 Å². The quantitative estimate of drug-likeness (QED) is 0.605. The van der Waals surface area contributed by atoms with Gasteiger partial charge in [-0.3, -0.25) is 4.98 Å². The standard InChI is InChI=1S/C23H24N4O2/c28-23(25-18-4-8-20(9-5-18)27-16-2-1-3-17-27)26-19-6-10-21(11-7-19)29-22-12-14-24-15-13-22/h4-15H,1-3,16-17H2,(H2,25,26,28). The summed E-state index contributed by atoms with van der Waals surface area (Å²) in [6.07, 6.45) is 7.15. The van der Waals surface area contributed by atoms with Crippen molar-refractivity contribution in [2.45, 2.75) is 19.3 Å². The SMILES string of the molecule is O=C(Nc1ccc(Oc2ccncc2)cc1)Nc1ccc(N2CCCCC2)cc1. The molecule has 0 aliphatic carbocycles. The minimum Gasteiger partial charge on any atom is -0.457 e. The molecule has 2 aromatic carbocycles. The van der Waals surface area contributed by atoms with Crippen LogP contribution in [0.1, 0.15) is 19.3 Å². The first-order valence-corrected chi connectivity index (χ1v) is 9.87. The fourth-order valence-corrected chi connectivity index (χ4v) is 3.35. The smallest absolute Gasteiger partial charge is 0.323 e. The van der Waals surface area contributed by atoms with Gasteiger partial charge >= 0.3 is 6.03 Å². The number of aromatic nitrogens is 1. The number of urea groups is 1. The zero-order valence-electron chi connectivity index (χ0n) is 16.2. The topological polar surface area (TPSA) is 66.5 Å². The van der Waals surface area contributed by atoms with E-state index in [1.54, 1.807) is 36.7 Å². The molecule has 6 heteroatoms. The summed E-state index contributed by atoms with van der Waals surface area (Å²) in [6, 6.07) is 18.5. The van der Waals surface area contributed by atoms with Crippen LogP contribution in [-0.2, 0) is 0 Å². The van der Waals surface area contributed by atoms with E-state index in [0.29, 0.717) is 17.2 Å². The fourth-order valence-electron chi connectivity index (χ4n) is 3.35. The number of piperidine rings is 1. The van der Waals surface area contributed by atoms with Gasteiger partial charge in [0, 0.05) is 42.5 Å². The van der Waals surface area contributed by atoms with E-state index in [1.165, 1.54) is 24.9 Å². The summed E-state index contributed by atoms with van der Waals surface area (Å²) < 4.78 is 5.72. The van der Waals surface area contributed by atoms with Crippen molar-refractivity contribution in [1.29, 1.82) is 0 Å². The van der Waals surface area contributed by atoms with Gasteiger partial charge in [-0.15, -0.1) is 0 Å². The summed E-state index contributed by atoms with van der Waals surface area (Å²) in [5, 5.41) is 5.70. The average Bonchev–Trinajstić information content (AvgIpc) is 2.77. The van der Waals surface area contributed by atoms with Crippen LogP contribution in [0, 0.1) is 0 Å². The molecule has 2 N–H and O–H groups in total. The van der Waals surface area contributed by atoms with Crippen molar-refractivity contribution < 1.29 is 9.53 Å². The predicted molar refractivity (Wildman–Crippen MR) is 116 cm³/mol. The van der Waals surface area contributed by atoms with Crippen molar-refractivity contribution in [2.24, 2.45) is 0 Å². The number of carbonyl (C=O) groups excluding carboxylic acids is 1. The number of benzene rings is 2. The van der Waals surface area contributed by atoms with Crippen molar-refractivity contribution in [3.63, 3.8) is 0 Å². The van der Waals surface area contributed by atoms with E-state index in [-0.39, 0.29) is 6.03 Å². The maximum absolute atomic E-state index is 12.3. The summed E-state index contributed by atoms with van der Waals surface area (Å²) in [6.45, 7) is 2.21. The van der Waals surface area contributed by atoms with Gasteiger partial charge in [0.1, 0.15) is 11.5 Å². The number of hydrogen-bond donors (Lipinski definition) is 2. The number of pyridine rings is 1. The summed E-state index contributed by atoms with van der Waals surface area (Å²) in [5.74, 6) is 1.40. The lowest BCUT2D eigenvalue weighted by molar-refractivity contribution is 0.262. The van der Waals surface area contributed by atoms with E-state index in [0.717, 1.165) is 18.8 Å². The van der Waals surface area contributed by atoms with Gasteiger partial charge < -0.3 is 20.3 Å². The van der Waals surface area contributed by atoms with Gasteiger partial charge in [-0.2, -0.15) is 0 Å². The van der Waals surface area contributed by atoms with Crippen LogP contribution in [0.25, 0.3) is 0 Å². The summed E-state index contributed by atoms with van der Waals surface area (Å²) in [7, 11) is 0. The third-order valence-corrected chi connectivity index (χ3v) is 4.84. The van der Waals surface area contributed by atoms with Crippen molar-refractivity contribution in [3.8, 4) is 11.5 Å². The molecule has 2 amide bonds. The minimum atomic E-state index is -0.279. The first-order valence-electron chi connectivity index (χ1n) is 9.87. The summed E-state index contributed by atoms with van der Waals surface area (Å²) in [4.78, 5) is 18.6. The van der Waals surface area contributed by atoms with E-state index in [1.807, 2.05) is 24.3 Å². The van der Waals surface area contributed by atoms with Crippen LogP contribution in [-0.4, -0.2) is 24.1 Å². The molecule has 2 heterocycles. The molecule has 6 nitrogen and oxygen atoms in total. The minimum absolute atomic E-state index is 0.279. The van der Waals surface area contributed by atoms with Crippen LogP contribution in [0.2, 0.25) is 0 Å². The van der Waals surface area contributed by atoms with Gasteiger partial charge in [-0.25, -0.2) is 4.79 Å². The second-order valence-corrected chi connectivity index (χ2v) is 6.98. The molecule has 4 rings (SSSR count). The molecular formula is C23H24N4O2. The molecule has 0 radical (unpaired) electrons. The molecule has 0 unspecified atom stereocenters. The van der Waals surface area contributed by atoms with Crippen molar-refractivity contribution in [3.05, 3.63) is 73.1 Å². The van der Waals surface area contributed by atoms with Crippen molar-refractivity contribution in [1.82, 2.24) is 4.98 Å². The zero-order chi connectivity index (χ0) is 19.9. The predicted octanol–water partition coefficient (Wildman–Crippen LogP) is 5.51. The highest BCUT2D eigenvalue weighted by atomic mass is 16.5. The van der Waals surface area contributed by atoms with Crippen LogP contribution in [0.5, 0.6) is 11.5 Å². The Labute approximate surface area is 170 Å². The number of amides is 2. The first kappa shape index (κ1) is 18.8. The lowest BCUT2D eigenvalue weighted by atomic mass is 10.1. The zero-order valence-corrected chi connectivity index (χ0v) is 16.2. The van der Waals surface area contributed by atoms with Crippen LogP contribution in [0.4, 0.5) is 21.9 Å². The van der Waals surface area contributed by atoms with E-state index in [4.69, 9.17) is 4.74 Å². The Balaban J connectivity index is 1.30. The Bertz CT molecular complexity index is 921. The van der Waals surface area contributed by atoms with E-state index >= 15 is 0 Å². The number of rotatable bonds is 5. The van der Waals surface area contributed by atoms with Gasteiger partial charge in [0.25, 0.3) is 0 Å². The lowest BCUT2D eigenvalue weighted by Crippen LogP contribution is -2.29. The maximum atomic E-state index is 12.3. The Morgan fingerprint density at radius 1 is 0.759 bits per heavy atom. The normalized spacial score (nSPS) is 13.6. The average molecular weight is 388 g/mol. The Kier molecular flexibility index (Phi) is 5.90. The van der Waals surface area contributed by atoms with Crippen LogP contribution >= 0.6 is 0 Å². The van der Waals surface area contributed by atoms with Gasteiger partial charge in [0.2, 0.25) is 0 Å². The number of hydrogen-bond acceptors (Lipinski definition) is 4. The van der Waals surface area contributed by atoms with Crippen LogP contribution in [0.3, 0.4) is 0 Å². The van der Waals surface area contributed by atoms with E-state index < -0.39 is 0 Å². The molecular weight excluding hydrogens is 364 g/mol. The highest BCUT2D eigenvalue weighted by Gasteiger charge is 2.11. The highest BCUT2D eigenvalue weighted by molar-refractivity contribution is 5.99. The largest absolute Gasteiger partial charge is 0.457 e. The van der Waals surface area contributed by atoms with Gasteiger partial charge in [0.05, 0.1) is 0 Å². The van der Waals surface area contributed by atoms with Gasteiger partial charge in [-0.05, 0) is 79.9 Å². The van der Waals surface area contributed by atoms with Gasteiger partial charge in [-0.1, -0.05) is 0 Å². The molecule has 1 aromatic heterocycles. The van der Waals surface area contributed by atoms with Crippen LogP contribution < -0.4 is 20.3 Å². The molecule has 0 atom stereocenters. The number of nitrogens with one attached hydrogen (secondary N) is 2. The molecule has 148 valence electrons. The molecule has 0 saturated carbocycles. The Hall–Kier alpha value is -3.54. The van der Waals surface area contributed by atoms with Crippen LogP contribution in [0.15, 0.2) is 73.1 Å². The summed E-state index contributed by atoms with van der Waals surface area (Å²) >= 11 is 0.